The van der Waals surface area contributed by atoms with Gasteiger partial charge in [0.1, 0.15) is 16.4 Å². The van der Waals surface area contributed by atoms with Crippen LogP contribution < -0.4 is 0 Å². The van der Waals surface area contributed by atoms with Crippen molar-refractivity contribution in [2.45, 2.75) is 38.2 Å². The highest BCUT2D eigenvalue weighted by Crippen LogP contribution is 2.36. The number of furan rings is 1. The van der Waals surface area contributed by atoms with E-state index in [2.05, 4.69) is 17.3 Å². The third kappa shape index (κ3) is 6.69. The first-order valence-electron chi connectivity index (χ1n) is 9.36. The number of aryl methyl sites for hydroxylation is 1. The van der Waals surface area contributed by atoms with E-state index in [1.807, 2.05) is 70.2 Å². The molecule has 2 aromatic carbocycles. The van der Waals surface area contributed by atoms with Crippen LogP contribution in [0.4, 0.5) is 5.69 Å². The average Bonchev–Trinajstić information content (AvgIpc) is 3.13. The lowest BCUT2D eigenvalue weighted by atomic mass is 10.2. The first kappa shape index (κ1) is 22.5. The smallest absolute Gasteiger partial charge is 0.129 e. The maximum Gasteiger partial charge on any atom is 0.129 e. The molecule has 0 fully saturated rings. The molecule has 0 radical (unpaired) electrons. The van der Waals surface area contributed by atoms with Gasteiger partial charge in [0, 0.05) is 21.0 Å². The maximum atomic E-state index is 6.33. The van der Waals surface area contributed by atoms with Crippen LogP contribution in [0.15, 0.2) is 80.3 Å². The molecular weight excluding hydrogens is 436 g/mol. The SMILES string of the molecule is Cc1occc1C(=Nc1ccc(Cl)c(/C=N/OC(C)(C)C)c1)SSc1ccccc1. The number of rotatable bonds is 6. The van der Waals surface area contributed by atoms with E-state index in [0.29, 0.717) is 5.02 Å². The zero-order chi connectivity index (χ0) is 21.6. The van der Waals surface area contributed by atoms with Gasteiger partial charge >= 0.3 is 0 Å². The van der Waals surface area contributed by atoms with E-state index in [1.54, 1.807) is 34.1 Å². The fourth-order valence-corrected chi connectivity index (χ4v) is 4.65. The van der Waals surface area contributed by atoms with Gasteiger partial charge in [-0.3, -0.25) is 0 Å². The molecule has 0 unspecified atom stereocenters. The summed E-state index contributed by atoms with van der Waals surface area (Å²) in [4.78, 5) is 11.5. The topological polar surface area (TPSA) is 47.1 Å². The van der Waals surface area contributed by atoms with Crippen molar-refractivity contribution in [3.05, 3.63) is 82.8 Å². The van der Waals surface area contributed by atoms with E-state index >= 15 is 0 Å². The molecule has 0 bridgehead atoms. The summed E-state index contributed by atoms with van der Waals surface area (Å²) in [5.74, 6) is 0.823. The van der Waals surface area contributed by atoms with Crippen LogP contribution in [-0.2, 0) is 4.84 Å². The average molecular weight is 459 g/mol. The van der Waals surface area contributed by atoms with Crippen molar-refractivity contribution in [3.63, 3.8) is 0 Å². The quantitative estimate of drug-likeness (QED) is 0.163. The summed E-state index contributed by atoms with van der Waals surface area (Å²) < 4.78 is 5.50. The van der Waals surface area contributed by atoms with Crippen molar-refractivity contribution < 1.29 is 9.25 Å². The van der Waals surface area contributed by atoms with E-state index in [0.717, 1.165) is 32.5 Å². The van der Waals surface area contributed by atoms with Gasteiger partial charge in [-0.15, -0.1) is 0 Å². The van der Waals surface area contributed by atoms with Gasteiger partial charge in [-0.2, -0.15) is 0 Å². The van der Waals surface area contributed by atoms with Crippen LogP contribution in [0.2, 0.25) is 5.02 Å². The molecule has 0 aliphatic carbocycles. The Hall–Kier alpha value is -2.15. The van der Waals surface area contributed by atoms with E-state index in [1.165, 1.54) is 0 Å². The molecule has 0 amide bonds. The van der Waals surface area contributed by atoms with Crippen molar-refractivity contribution in [1.29, 1.82) is 0 Å². The zero-order valence-electron chi connectivity index (χ0n) is 17.3. The van der Waals surface area contributed by atoms with Gasteiger partial charge in [-0.25, -0.2) is 4.99 Å². The van der Waals surface area contributed by atoms with Gasteiger partial charge < -0.3 is 9.25 Å². The Balaban J connectivity index is 1.88. The Morgan fingerprint density at radius 2 is 1.87 bits per heavy atom. The van der Waals surface area contributed by atoms with Crippen LogP contribution >= 0.6 is 33.2 Å². The van der Waals surface area contributed by atoms with Gasteiger partial charge in [0.25, 0.3) is 0 Å². The Bertz CT molecular complexity index is 1040. The Morgan fingerprint density at radius 1 is 1.10 bits per heavy atom. The number of oxime groups is 1. The Kier molecular flexibility index (Phi) is 7.69. The number of hydrogen-bond donors (Lipinski definition) is 0. The lowest BCUT2D eigenvalue weighted by Crippen LogP contribution is -2.15. The van der Waals surface area contributed by atoms with Crippen LogP contribution in [0.5, 0.6) is 0 Å². The molecule has 0 saturated heterocycles. The van der Waals surface area contributed by atoms with Crippen LogP contribution in [0.1, 0.15) is 37.7 Å². The third-order valence-electron chi connectivity index (χ3n) is 3.78. The van der Waals surface area contributed by atoms with Crippen molar-refractivity contribution in [2.75, 3.05) is 0 Å². The fraction of sp³-hybridized carbons (Fsp3) is 0.217. The highest BCUT2D eigenvalue weighted by Gasteiger charge is 2.13. The van der Waals surface area contributed by atoms with Crippen molar-refractivity contribution in [2.24, 2.45) is 10.1 Å². The molecule has 0 N–H and O–H groups in total. The Morgan fingerprint density at radius 3 is 2.53 bits per heavy atom. The second kappa shape index (κ2) is 10.2. The summed E-state index contributed by atoms with van der Waals surface area (Å²) in [7, 11) is 3.24. The minimum atomic E-state index is -0.365. The predicted molar refractivity (Wildman–Crippen MR) is 129 cm³/mol. The molecule has 30 heavy (non-hydrogen) atoms. The molecule has 1 heterocycles. The van der Waals surface area contributed by atoms with Gasteiger partial charge in [0.2, 0.25) is 0 Å². The molecule has 0 saturated carbocycles. The molecule has 0 atom stereocenters. The van der Waals surface area contributed by atoms with Crippen LogP contribution in [0, 0.1) is 6.92 Å². The first-order chi connectivity index (χ1) is 14.3. The second-order valence-corrected chi connectivity index (χ2v) is 10.0. The largest absolute Gasteiger partial charge is 0.469 e. The van der Waals surface area contributed by atoms with Crippen LogP contribution in [-0.4, -0.2) is 16.9 Å². The molecule has 3 rings (SSSR count). The standard InChI is InChI=1S/C23H23ClN2O2S2/c1-16-20(12-13-27-16)22(30-29-19-8-6-5-7-9-19)26-18-10-11-21(24)17(14-18)15-25-28-23(2,3)4/h5-15H,1-4H3/b25-15+,26-22?. The minimum Gasteiger partial charge on any atom is -0.469 e. The highest BCUT2D eigenvalue weighted by molar-refractivity contribution is 8.82. The molecular formula is C23H23ClN2O2S2. The number of halogens is 1. The van der Waals surface area contributed by atoms with Crippen molar-refractivity contribution in [3.8, 4) is 0 Å². The Labute approximate surface area is 190 Å². The summed E-state index contributed by atoms with van der Waals surface area (Å²) in [6, 6.07) is 17.7. The third-order valence-corrected chi connectivity index (χ3v) is 6.44. The van der Waals surface area contributed by atoms with E-state index in [-0.39, 0.29) is 5.60 Å². The normalized spacial score (nSPS) is 12.5. The van der Waals surface area contributed by atoms with Crippen molar-refractivity contribution in [1.82, 2.24) is 0 Å². The molecule has 156 valence electrons. The van der Waals surface area contributed by atoms with E-state index in [9.17, 15) is 0 Å². The lowest BCUT2D eigenvalue weighted by molar-refractivity contribution is 0.00199. The monoisotopic (exact) mass is 458 g/mol. The highest BCUT2D eigenvalue weighted by atomic mass is 35.5. The number of hydrogen-bond acceptors (Lipinski definition) is 6. The van der Waals surface area contributed by atoms with E-state index < -0.39 is 0 Å². The van der Waals surface area contributed by atoms with E-state index in [4.69, 9.17) is 25.8 Å². The second-order valence-electron chi connectivity index (χ2n) is 7.43. The molecule has 0 spiro atoms. The molecule has 7 heteroatoms. The van der Waals surface area contributed by atoms with Gasteiger partial charge in [0.05, 0.1) is 18.2 Å². The maximum absolute atomic E-state index is 6.33. The molecule has 0 aliphatic rings. The summed E-state index contributed by atoms with van der Waals surface area (Å²) in [6.07, 6.45) is 3.29. The number of aliphatic imine (C=N–C) groups is 1. The summed E-state index contributed by atoms with van der Waals surface area (Å²) in [6.45, 7) is 7.75. The summed E-state index contributed by atoms with van der Waals surface area (Å²) >= 11 is 6.33. The van der Waals surface area contributed by atoms with Gasteiger partial charge in [0.15, 0.2) is 0 Å². The molecule has 4 nitrogen and oxygen atoms in total. The molecule has 0 aliphatic heterocycles. The zero-order valence-corrected chi connectivity index (χ0v) is 19.6. The summed E-state index contributed by atoms with van der Waals surface area (Å²) in [5.41, 5.74) is 2.11. The number of benzene rings is 2. The van der Waals surface area contributed by atoms with Crippen LogP contribution in [0.3, 0.4) is 0 Å². The predicted octanol–water partition coefficient (Wildman–Crippen LogP) is 7.91. The first-order valence-corrected chi connectivity index (χ1v) is 11.9. The molecule has 1 aromatic heterocycles. The minimum absolute atomic E-state index is 0.365. The van der Waals surface area contributed by atoms with Crippen molar-refractivity contribution >= 4 is 50.1 Å². The van der Waals surface area contributed by atoms with Crippen LogP contribution in [0.25, 0.3) is 0 Å². The van der Waals surface area contributed by atoms with Gasteiger partial charge in [-0.05, 0) is 74.9 Å². The fourth-order valence-electron chi connectivity index (χ4n) is 2.35. The molecule has 3 aromatic rings. The van der Waals surface area contributed by atoms with Gasteiger partial charge in [-0.1, -0.05) is 45.7 Å². The summed E-state index contributed by atoms with van der Waals surface area (Å²) in [5, 5.41) is 5.49. The lowest BCUT2D eigenvalue weighted by Gasteiger charge is -2.14. The number of nitrogens with zero attached hydrogens (tertiary/aromatic N) is 2.